The molecule has 2 aromatic rings. The predicted molar refractivity (Wildman–Crippen MR) is 121 cm³/mol. The topological polar surface area (TPSA) is 108 Å². The number of hydrogen-bond donors (Lipinski definition) is 2. The van der Waals surface area contributed by atoms with E-state index < -0.39 is 23.6 Å². The molecular weight excluding hydrogens is 408 g/mol. The van der Waals surface area contributed by atoms with E-state index in [0.717, 1.165) is 22.3 Å². The van der Waals surface area contributed by atoms with E-state index >= 15 is 0 Å². The molecule has 2 aromatic carbocycles. The van der Waals surface area contributed by atoms with Crippen LogP contribution in [0.2, 0.25) is 0 Å². The molecule has 1 aliphatic carbocycles. The van der Waals surface area contributed by atoms with Crippen LogP contribution in [0.4, 0.5) is 4.79 Å². The van der Waals surface area contributed by atoms with Crippen molar-refractivity contribution in [3.63, 3.8) is 0 Å². The van der Waals surface area contributed by atoms with Crippen molar-refractivity contribution < 1.29 is 23.9 Å². The van der Waals surface area contributed by atoms with E-state index in [4.69, 9.17) is 15.2 Å². The summed E-state index contributed by atoms with van der Waals surface area (Å²) in [4.78, 5) is 36.0. The zero-order valence-electron chi connectivity index (χ0n) is 18.7. The molecule has 0 aromatic heterocycles. The van der Waals surface area contributed by atoms with Crippen LogP contribution >= 0.6 is 0 Å². The standard InChI is InChI=1S/C25H30N2O5/c1-25(2,3)32-22(28)14-8-13-21(23(26)29)27-24(30)31-15-20-18-11-6-4-9-16(18)17-10-5-7-12-19(17)20/h4-7,9-12,20-21H,8,13-15H2,1-3H3,(H2,26,29)(H,27,30)/t21-/m0/s1. The Balaban J connectivity index is 1.54. The maximum Gasteiger partial charge on any atom is 0.407 e. The van der Waals surface area contributed by atoms with Crippen LogP contribution < -0.4 is 11.1 Å². The average molecular weight is 439 g/mol. The first-order valence-corrected chi connectivity index (χ1v) is 10.8. The minimum Gasteiger partial charge on any atom is -0.460 e. The Kier molecular flexibility index (Phi) is 7.18. The molecule has 1 aliphatic rings. The smallest absolute Gasteiger partial charge is 0.407 e. The third-order valence-corrected chi connectivity index (χ3v) is 5.27. The van der Waals surface area contributed by atoms with Gasteiger partial charge in [-0.15, -0.1) is 0 Å². The molecule has 0 saturated heterocycles. The Morgan fingerprint density at radius 3 is 2.09 bits per heavy atom. The molecule has 3 rings (SSSR count). The van der Waals surface area contributed by atoms with Crippen LogP contribution in [0.25, 0.3) is 11.1 Å². The molecule has 0 fully saturated rings. The molecule has 7 heteroatoms. The van der Waals surface area contributed by atoms with Crippen LogP contribution in [0.1, 0.15) is 57.1 Å². The zero-order valence-corrected chi connectivity index (χ0v) is 18.7. The number of primary amides is 1. The molecule has 0 saturated carbocycles. The fourth-order valence-electron chi connectivity index (χ4n) is 3.91. The normalized spacial score (nSPS) is 13.6. The molecule has 2 amide bonds. The lowest BCUT2D eigenvalue weighted by molar-refractivity contribution is -0.155. The van der Waals surface area contributed by atoms with Crippen LogP contribution in [0.15, 0.2) is 48.5 Å². The van der Waals surface area contributed by atoms with Gasteiger partial charge >= 0.3 is 12.1 Å². The highest BCUT2D eigenvalue weighted by Gasteiger charge is 2.29. The van der Waals surface area contributed by atoms with E-state index in [9.17, 15) is 14.4 Å². The fourth-order valence-corrected chi connectivity index (χ4v) is 3.91. The van der Waals surface area contributed by atoms with Gasteiger partial charge in [0.25, 0.3) is 0 Å². The maximum atomic E-state index is 12.4. The lowest BCUT2D eigenvalue weighted by Gasteiger charge is -2.20. The Bertz CT molecular complexity index is 950. The number of amides is 2. The number of fused-ring (bicyclic) bond motifs is 3. The number of carbonyl (C=O) groups is 3. The second-order valence-corrected chi connectivity index (χ2v) is 8.90. The van der Waals surface area contributed by atoms with Gasteiger partial charge < -0.3 is 20.5 Å². The van der Waals surface area contributed by atoms with Gasteiger partial charge in [0.15, 0.2) is 0 Å². The Morgan fingerprint density at radius 1 is 1.00 bits per heavy atom. The molecule has 3 N–H and O–H groups in total. The summed E-state index contributed by atoms with van der Waals surface area (Å²) >= 11 is 0. The molecular formula is C25H30N2O5. The van der Waals surface area contributed by atoms with Crippen LogP contribution in [0, 0.1) is 0 Å². The summed E-state index contributed by atoms with van der Waals surface area (Å²) in [5, 5.41) is 2.52. The van der Waals surface area contributed by atoms with Crippen molar-refractivity contribution in [2.75, 3.05) is 6.61 Å². The van der Waals surface area contributed by atoms with Crippen molar-refractivity contribution in [2.45, 2.75) is 57.6 Å². The van der Waals surface area contributed by atoms with Gasteiger partial charge in [0, 0.05) is 12.3 Å². The second-order valence-electron chi connectivity index (χ2n) is 8.90. The number of carbonyl (C=O) groups excluding carboxylic acids is 3. The Labute approximate surface area is 188 Å². The van der Waals surface area contributed by atoms with Crippen LogP contribution in [-0.2, 0) is 19.1 Å². The molecule has 0 spiro atoms. The first kappa shape index (κ1) is 23.3. The summed E-state index contributed by atoms with van der Waals surface area (Å²) in [5.74, 6) is -1.11. The van der Waals surface area contributed by atoms with Gasteiger partial charge in [-0.2, -0.15) is 0 Å². The van der Waals surface area contributed by atoms with Gasteiger partial charge in [0.2, 0.25) is 5.91 Å². The third-order valence-electron chi connectivity index (χ3n) is 5.27. The summed E-state index contributed by atoms with van der Waals surface area (Å²) in [5.41, 5.74) is 9.32. The highest BCUT2D eigenvalue weighted by Crippen LogP contribution is 2.44. The lowest BCUT2D eigenvalue weighted by Crippen LogP contribution is -2.45. The van der Waals surface area contributed by atoms with E-state index in [1.54, 1.807) is 20.8 Å². The SMILES string of the molecule is CC(C)(C)OC(=O)CCC[C@H](NC(=O)OCC1c2ccccc2-c2ccccc21)C(N)=O. The monoisotopic (exact) mass is 438 g/mol. The first-order valence-electron chi connectivity index (χ1n) is 10.8. The first-order chi connectivity index (χ1) is 15.2. The highest BCUT2D eigenvalue weighted by atomic mass is 16.6. The van der Waals surface area contributed by atoms with E-state index in [-0.39, 0.29) is 31.3 Å². The van der Waals surface area contributed by atoms with E-state index in [0.29, 0.717) is 6.42 Å². The molecule has 0 aliphatic heterocycles. The van der Waals surface area contributed by atoms with Gasteiger partial charge in [-0.3, -0.25) is 9.59 Å². The van der Waals surface area contributed by atoms with Crippen LogP contribution in [0.5, 0.6) is 0 Å². The fraction of sp³-hybridized carbons (Fsp3) is 0.400. The summed E-state index contributed by atoms with van der Waals surface area (Å²) < 4.78 is 10.7. The number of ether oxygens (including phenoxy) is 2. The van der Waals surface area contributed by atoms with Crippen molar-refractivity contribution >= 4 is 18.0 Å². The van der Waals surface area contributed by atoms with E-state index in [1.807, 2.05) is 36.4 Å². The van der Waals surface area contributed by atoms with Gasteiger partial charge in [-0.05, 0) is 55.9 Å². The van der Waals surface area contributed by atoms with E-state index in [2.05, 4.69) is 17.4 Å². The van der Waals surface area contributed by atoms with Crippen LogP contribution in [0.3, 0.4) is 0 Å². The number of nitrogens with one attached hydrogen (secondary N) is 1. The molecule has 0 radical (unpaired) electrons. The summed E-state index contributed by atoms with van der Waals surface area (Å²) in [6.07, 6.45) is -0.00817. The lowest BCUT2D eigenvalue weighted by atomic mass is 9.98. The van der Waals surface area contributed by atoms with Crippen molar-refractivity contribution in [2.24, 2.45) is 5.73 Å². The number of benzene rings is 2. The molecule has 7 nitrogen and oxygen atoms in total. The van der Waals surface area contributed by atoms with Crippen molar-refractivity contribution in [3.05, 3.63) is 59.7 Å². The van der Waals surface area contributed by atoms with Crippen LogP contribution in [-0.4, -0.2) is 36.2 Å². The van der Waals surface area contributed by atoms with Gasteiger partial charge in [-0.25, -0.2) is 4.79 Å². The number of alkyl carbamates (subject to hydrolysis) is 1. The molecule has 1 atom stereocenters. The number of hydrogen-bond acceptors (Lipinski definition) is 5. The Morgan fingerprint density at radius 2 is 1.56 bits per heavy atom. The Hall–Kier alpha value is -3.35. The highest BCUT2D eigenvalue weighted by molar-refractivity contribution is 5.84. The van der Waals surface area contributed by atoms with Gasteiger partial charge in [-0.1, -0.05) is 48.5 Å². The molecule has 32 heavy (non-hydrogen) atoms. The molecule has 170 valence electrons. The second kappa shape index (κ2) is 9.85. The largest absolute Gasteiger partial charge is 0.460 e. The third kappa shape index (κ3) is 5.87. The predicted octanol–water partition coefficient (Wildman–Crippen LogP) is 3.89. The van der Waals surface area contributed by atoms with Crippen molar-refractivity contribution in [3.8, 4) is 11.1 Å². The minimum absolute atomic E-state index is 0.0765. The number of nitrogens with two attached hydrogens (primary N) is 1. The molecule has 0 heterocycles. The summed E-state index contributed by atoms with van der Waals surface area (Å²) in [7, 11) is 0. The maximum absolute atomic E-state index is 12.4. The number of esters is 1. The van der Waals surface area contributed by atoms with E-state index in [1.165, 1.54) is 0 Å². The summed E-state index contributed by atoms with van der Waals surface area (Å²) in [6, 6.07) is 15.2. The molecule has 0 unspecified atom stereocenters. The minimum atomic E-state index is -0.923. The average Bonchev–Trinajstić information content (AvgIpc) is 3.04. The summed E-state index contributed by atoms with van der Waals surface area (Å²) in [6.45, 7) is 5.50. The van der Waals surface area contributed by atoms with Gasteiger partial charge in [0.1, 0.15) is 18.2 Å². The molecule has 0 bridgehead atoms. The van der Waals surface area contributed by atoms with Crippen molar-refractivity contribution in [1.29, 1.82) is 0 Å². The van der Waals surface area contributed by atoms with Gasteiger partial charge in [0.05, 0.1) is 0 Å². The van der Waals surface area contributed by atoms with Crippen molar-refractivity contribution in [1.82, 2.24) is 5.32 Å². The number of rotatable bonds is 8. The quantitative estimate of drug-likeness (QED) is 0.608. The zero-order chi connectivity index (χ0) is 23.3.